The first kappa shape index (κ1) is 19.4. The molecule has 3 amide bonds. The highest BCUT2D eigenvalue weighted by atomic mass is 35.5. The van der Waals surface area contributed by atoms with Crippen molar-refractivity contribution in [3.63, 3.8) is 0 Å². The maximum atomic E-state index is 12.1. The van der Waals surface area contributed by atoms with Gasteiger partial charge in [-0.3, -0.25) is 19.3 Å². The smallest absolute Gasteiger partial charge is 0.234 e. The minimum absolute atomic E-state index is 0. The van der Waals surface area contributed by atoms with Crippen LogP contribution < -0.4 is 15.5 Å². The molecule has 0 spiro atoms. The summed E-state index contributed by atoms with van der Waals surface area (Å²) in [6, 6.07) is 5.28. The minimum Gasteiger partial charge on any atom is -0.326 e. The van der Waals surface area contributed by atoms with Gasteiger partial charge in [0.2, 0.25) is 17.7 Å². The lowest BCUT2D eigenvalue weighted by atomic mass is 10.0. The van der Waals surface area contributed by atoms with Gasteiger partial charge in [0.15, 0.2) is 0 Å². The van der Waals surface area contributed by atoms with Gasteiger partial charge in [0, 0.05) is 24.9 Å². The van der Waals surface area contributed by atoms with Crippen molar-refractivity contribution >= 4 is 41.5 Å². The Morgan fingerprint density at radius 2 is 2.00 bits per heavy atom. The molecule has 6 nitrogen and oxygen atoms in total. The Hall–Kier alpha value is -1.92. The number of benzene rings is 1. The topological polar surface area (TPSA) is 78.5 Å². The summed E-state index contributed by atoms with van der Waals surface area (Å²) < 4.78 is 0. The van der Waals surface area contributed by atoms with E-state index < -0.39 is 0 Å². The van der Waals surface area contributed by atoms with Crippen LogP contribution in [0.2, 0.25) is 0 Å². The van der Waals surface area contributed by atoms with Gasteiger partial charge in [-0.2, -0.15) is 0 Å². The van der Waals surface area contributed by atoms with E-state index >= 15 is 0 Å². The fourth-order valence-corrected chi connectivity index (χ4v) is 3.35. The number of rotatable bonds is 5. The number of aryl methyl sites for hydroxylation is 1. The molecule has 0 aliphatic carbocycles. The second-order valence-corrected chi connectivity index (χ2v) is 6.57. The van der Waals surface area contributed by atoms with E-state index in [-0.39, 0.29) is 43.0 Å². The average molecular weight is 366 g/mol. The zero-order valence-corrected chi connectivity index (χ0v) is 15.2. The number of hydrogen-bond donors (Lipinski definition) is 2. The zero-order chi connectivity index (χ0) is 17.1. The molecule has 25 heavy (non-hydrogen) atoms. The Morgan fingerprint density at radius 1 is 1.28 bits per heavy atom. The van der Waals surface area contributed by atoms with Crippen LogP contribution in [0.15, 0.2) is 18.2 Å². The number of amides is 3. The molecular weight excluding hydrogens is 342 g/mol. The lowest BCUT2D eigenvalue weighted by molar-refractivity contribution is -0.121. The van der Waals surface area contributed by atoms with Crippen molar-refractivity contribution in [3.8, 4) is 0 Å². The van der Waals surface area contributed by atoms with Crippen molar-refractivity contribution in [3.05, 3.63) is 23.8 Å². The largest absolute Gasteiger partial charge is 0.326 e. The summed E-state index contributed by atoms with van der Waals surface area (Å²) in [7, 11) is 0. The molecule has 0 aromatic heterocycles. The molecule has 1 unspecified atom stereocenters. The molecule has 2 fully saturated rings. The average Bonchev–Trinajstić information content (AvgIpc) is 3.17. The highest BCUT2D eigenvalue weighted by Gasteiger charge is 2.31. The molecule has 3 rings (SSSR count). The summed E-state index contributed by atoms with van der Waals surface area (Å²) in [6.07, 6.45) is 3.08. The van der Waals surface area contributed by atoms with E-state index in [1.54, 1.807) is 12.1 Å². The van der Waals surface area contributed by atoms with E-state index in [1.807, 2.05) is 13.0 Å². The van der Waals surface area contributed by atoms with Crippen molar-refractivity contribution in [2.75, 3.05) is 23.3 Å². The lowest BCUT2D eigenvalue weighted by Gasteiger charge is -2.17. The second-order valence-electron chi connectivity index (χ2n) is 6.57. The van der Waals surface area contributed by atoms with Crippen LogP contribution in [0.3, 0.4) is 0 Å². The van der Waals surface area contributed by atoms with E-state index in [2.05, 4.69) is 10.6 Å². The fourth-order valence-electron chi connectivity index (χ4n) is 3.35. The Balaban J connectivity index is 0.00000225. The number of nitrogens with one attached hydrogen (secondary N) is 2. The summed E-state index contributed by atoms with van der Waals surface area (Å²) in [5.74, 6) is 0.268. The van der Waals surface area contributed by atoms with Crippen molar-refractivity contribution in [1.82, 2.24) is 5.32 Å². The van der Waals surface area contributed by atoms with Crippen molar-refractivity contribution < 1.29 is 14.4 Å². The summed E-state index contributed by atoms with van der Waals surface area (Å²) in [5.41, 5.74) is 2.11. The summed E-state index contributed by atoms with van der Waals surface area (Å²) >= 11 is 0. The molecule has 1 aromatic rings. The summed E-state index contributed by atoms with van der Waals surface area (Å²) in [4.78, 5) is 37.0. The van der Waals surface area contributed by atoms with Gasteiger partial charge in [0.25, 0.3) is 0 Å². The molecule has 0 radical (unpaired) electrons. The molecular formula is C18H24ClN3O3. The molecule has 2 N–H and O–H groups in total. The van der Waals surface area contributed by atoms with Gasteiger partial charge in [-0.05, 0) is 62.5 Å². The molecule has 2 aliphatic heterocycles. The quantitative estimate of drug-likeness (QED) is 0.785. The molecule has 0 bridgehead atoms. The van der Waals surface area contributed by atoms with E-state index in [9.17, 15) is 14.4 Å². The Kier molecular flexibility index (Phi) is 6.56. The van der Waals surface area contributed by atoms with E-state index in [1.165, 1.54) is 4.90 Å². The molecule has 1 aromatic carbocycles. The van der Waals surface area contributed by atoms with Crippen molar-refractivity contribution in [1.29, 1.82) is 0 Å². The van der Waals surface area contributed by atoms with Crippen LogP contribution in [0.25, 0.3) is 0 Å². The number of carbonyl (C=O) groups is 3. The van der Waals surface area contributed by atoms with E-state index in [0.29, 0.717) is 23.7 Å². The van der Waals surface area contributed by atoms with Crippen LogP contribution >= 0.6 is 12.4 Å². The monoisotopic (exact) mass is 365 g/mol. The molecule has 2 aliphatic rings. The third-order valence-corrected chi connectivity index (χ3v) is 4.72. The maximum absolute atomic E-state index is 12.1. The van der Waals surface area contributed by atoms with Gasteiger partial charge in [-0.25, -0.2) is 0 Å². The van der Waals surface area contributed by atoms with Crippen LogP contribution in [0, 0.1) is 12.8 Å². The molecule has 7 heteroatoms. The van der Waals surface area contributed by atoms with Gasteiger partial charge >= 0.3 is 0 Å². The highest BCUT2D eigenvalue weighted by Crippen LogP contribution is 2.28. The van der Waals surface area contributed by atoms with Gasteiger partial charge in [-0.15, -0.1) is 12.4 Å². The van der Waals surface area contributed by atoms with Gasteiger partial charge < -0.3 is 10.6 Å². The molecule has 136 valence electrons. The molecule has 2 saturated heterocycles. The van der Waals surface area contributed by atoms with Crippen LogP contribution in [-0.4, -0.2) is 30.8 Å². The van der Waals surface area contributed by atoms with Crippen molar-refractivity contribution in [2.24, 2.45) is 5.92 Å². The van der Waals surface area contributed by atoms with Crippen LogP contribution in [0.4, 0.5) is 11.4 Å². The summed E-state index contributed by atoms with van der Waals surface area (Å²) in [5, 5.41) is 6.20. The number of hydrogen-bond acceptors (Lipinski definition) is 4. The summed E-state index contributed by atoms with van der Waals surface area (Å²) in [6.45, 7) is 3.88. The zero-order valence-electron chi connectivity index (χ0n) is 14.3. The van der Waals surface area contributed by atoms with E-state index in [4.69, 9.17) is 0 Å². The number of nitrogens with zero attached hydrogens (tertiary/aromatic N) is 1. The lowest BCUT2D eigenvalue weighted by Crippen LogP contribution is -2.29. The normalized spacial score (nSPS) is 19.9. The molecule has 1 atom stereocenters. The van der Waals surface area contributed by atoms with Crippen molar-refractivity contribution in [2.45, 2.75) is 39.0 Å². The fraction of sp³-hybridized carbons (Fsp3) is 0.500. The number of anilines is 2. The first-order chi connectivity index (χ1) is 11.5. The standard InChI is InChI=1S/C18H23N3O3.ClH/c1-12-10-14(20-16(22)5-2-13-8-9-19-11-13)3-4-15(12)21-17(23)6-7-18(21)24;/h3-4,10,13,19H,2,5-9,11H2,1H3,(H,20,22);1H. The maximum Gasteiger partial charge on any atom is 0.234 e. The van der Waals surface area contributed by atoms with Gasteiger partial charge in [-0.1, -0.05) is 0 Å². The molecule has 0 saturated carbocycles. The highest BCUT2D eigenvalue weighted by molar-refractivity contribution is 6.20. The first-order valence-electron chi connectivity index (χ1n) is 8.51. The third-order valence-electron chi connectivity index (χ3n) is 4.72. The number of imide groups is 1. The van der Waals surface area contributed by atoms with Crippen LogP contribution in [0.5, 0.6) is 0 Å². The van der Waals surface area contributed by atoms with Crippen LogP contribution in [0.1, 0.15) is 37.7 Å². The van der Waals surface area contributed by atoms with Crippen LogP contribution in [-0.2, 0) is 14.4 Å². The minimum atomic E-state index is -0.162. The Labute approximate surface area is 153 Å². The predicted molar refractivity (Wildman–Crippen MR) is 99.0 cm³/mol. The number of carbonyl (C=O) groups excluding carboxylic acids is 3. The molecule has 2 heterocycles. The Morgan fingerprint density at radius 3 is 2.60 bits per heavy atom. The third kappa shape index (κ3) is 4.58. The van der Waals surface area contributed by atoms with E-state index in [0.717, 1.165) is 31.5 Å². The number of halogens is 1. The Bertz CT molecular complexity index is 656. The van der Waals surface area contributed by atoms with Gasteiger partial charge in [0.1, 0.15) is 0 Å². The van der Waals surface area contributed by atoms with Gasteiger partial charge in [0.05, 0.1) is 5.69 Å². The first-order valence-corrected chi connectivity index (χ1v) is 8.51. The SMILES string of the molecule is Cc1cc(NC(=O)CCC2CCNC2)ccc1N1C(=O)CCC1=O.Cl. The predicted octanol–water partition coefficient (Wildman–Crippen LogP) is 2.40. The second kappa shape index (κ2) is 8.45.